The molecule has 37 heavy (non-hydrogen) atoms. The van der Waals surface area contributed by atoms with Gasteiger partial charge in [-0.15, -0.1) is 0 Å². The van der Waals surface area contributed by atoms with E-state index in [4.69, 9.17) is 9.47 Å². The van der Waals surface area contributed by atoms with Gasteiger partial charge in [0.05, 0.1) is 18.6 Å². The average Bonchev–Trinajstić information content (AvgIpc) is 3.53. The fourth-order valence-corrected chi connectivity index (χ4v) is 7.01. The molecule has 0 spiro atoms. The van der Waals surface area contributed by atoms with Crippen molar-refractivity contribution in [2.75, 3.05) is 86.8 Å². The van der Waals surface area contributed by atoms with Gasteiger partial charge in [-0.2, -0.15) is 4.31 Å². The second-order valence-corrected chi connectivity index (χ2v) is 12.6. The number of aryl methyl sites for hydroxylation is 2. The van der Waals surface area contributed by atoms with Crippen molar-refractivity contribution >= 4 is 15.9 Å². The van der Waals surface area contributed by atoms with Gasteiger partial charge in [0.2, 0.25) is 15.9 Å². The molecule has 0 bridgehead atoms. The minimum absolute atomic E-state index is 0.0444. The molecule has 2 heterocycles. The van der Waals surface area contributed by atoms with Crippen LogP contribution in [0.1, 0.15) is 36.8 Å². The number of hydrogen-bond donors (Lipinski definition) is 0. The normalized spacial score (nSPS) is 19.1. The Morgan fingerprint density at radius 1 is 1.05 bits per heavy atom. The molecule has 2 fully saturated rings. The van der Waals surface area contributed by atoms with Crippen molar-refractivity contribution in [2.45, 2.75) is 44.4 Å². The Morgan fingerprint density at radius 2 is 1.70 bits per heavy atom. The number of likely N-dealkylation sites (N-methyl/N-ethyl adjacent to an activating group) is 2. The van der Waals surface area contributed by atoms with Crippen molar-refractivity contribution in [3.63, 3.8) is 0 Å². The summed E-state index contributed by atoms with van der Waals surface area (Å²) in [6, 6.07) is 3.44. The summed E-state index contributed by atoms with van der Waals surface area (Å²) in [5, 5.41) is 0. The number of likely N-dealkylation sites (tertiary alicyclic amines) is 2. The number of benzene rings is 1. The lowest BCUT2D eigenvalue weighted by atomic mass is 10.1. The predicted molar refractivity (Wildman–Crippen MR) is 146 cm³/mol. The highest BCUT2D eigenvalue weighted by Gasteiger charge is 2.27. The lowest BCUT2D eigenvalue weighted by molar-refractivity contribution is -0.135. The van der Waals surface area contributed by atoms with Crippen LogP contribution in [0, 0.1) is 19.8 Å². The van der Waals surface area contributed by atoms with Crippen LogP contribution < -0.4 is 4.74 Å². The van der Waals surface area contributed by atoms with Gasteiger partial charge in [-0.25, -0.2) is 8.42 Å². The van der Waals surface area contributed by atoms with Crippen molar-refractivity contribution in [3.8, 4) is 5.75 Å². The van der Waals surface area contributed by atoms with Crippen LogP contribution in [-0.4, -0.2) is 120 Å². The van der Waals surface area contributed by atoms with Gasteiger partial charge in [-0.3, -0.25) is 4.79 Å². The Bertz CT molecular complexity index is 974. The summed E-state index contributed by atoms with van der Waals surface area (Å²) in [6.45, 7) is 11.5. The van der Waals surface area contributed by atoms with Crippen molar-refractivity contribution in [3.05, 3.63) is 23.3 Å². The fourth-order valence-electron chi connectivity index (χ4n) is 5.45. The summed E-state index contributed by atoms with van der Waals surface area (Å²) < 4.78 is 38.3. The number of amides is 1. The molecule has 0 N–H and O–H groups in total. The molecule has 0 aromatic heterocycles. The number of nitrogens with zero attached hydrogens (tertiary/aromatic N) is 4. The van der Waals surface area contributed by atoms with E-state index in [-0.39, 0.29) is 30.6 Å². The first kappa shape index (κ1) is 29.8. The molecule has 1 atom stereocenters. The zero-order valence-corrected chi connectivity index (χ0v) is 24.2. The third-order valence-electron chi connectivity index (χ3n) is 7.59. The molecular weight excluding hydrogens is 492 g/mol. The van der Waals surface area contributed by atoms with E-state index in [1.165, 1.54) is 50.2 Å². The summed E-state index contributed by atoms with van der Waals surface area (Å²) in [7, 11) is 1.24. The van der Waals surface area contributed by atoms with Crippen LogP contribution in [0.15, 0.2) is 17.0 Å². The van der Waals surface area contributed by atoms with Crippen LogP contribution in [0.25, 0.3) is 0 Å². The number of sulfonamides is 1. The zero-order chi connectivity index (χ0) is 27.0. The van der Waals surface area contributed by atoms with Gasteiger partial charge >= 0.3 is 0 Å². The lowest BCUT2D eigenvalue weighted by Gasteiger charge is -2.23. The minimum Gasteiger partial charge on any atom is -0.497 e. The van der Waals surface area contributed by atoms with E-state index in [0.717, 1.165) is 32.6 Å². The van der Waals surface area contributed by atoms with E-state index >= 15 is 0 Å². The number of ether oxygens (including phenoxy) is 2. The molecule has 0 radical (unpaired) electrons. The number of methoxy groups -OCH3 is 1. The summed E-state index contributed by atoms with van der Waals surface area (Å²) >= 11 is 0. The first-order valence-electron chi connectivity index (χ1n) is 13.5. The maximum atomic E-state index is 13.1. The molecule has 210 valence electrons. The molecule has 0 aliphatic carbocycles. The molecule has 10 heteroatoms. The molecule has 3 rings (SSSR count). The van der Waals surface area contributed by atoms with Gasteiger partial charge in [0, 0.05) is 33.7 Å². The van der Waals surface area contributed by atoms with Gasteiger partial charge in [0.25, 0.3) is 0 Å². The summed E-state index contributed by atoms with van der Waals surface area (Å²) in [6.07, 6.45) is 5.02. The lowest BCUT2D eigenvalue weighted by Crippen LogP contribution is -2.36. The zero-order valence-electron chi connectivity index (χ0n) is 23.4. The molecular formula is C27H46N4O5S. The molecule has 2 saturated heterocycles. The number of hydrogen-bond acceptors (Lipinski definition) is 7. The Hall–Kier alpha value is -1.72. The van der Waals surface area contributed by atoms with Crippen LogP contribution in [-0.2, 0) is 19.6 Å². The van der Waals surface area contributed by atoms with Gasteiger partial charge in [-0.05, 0) is 101 Å². The standard InChI is InChI=1S/C27H46N4O5S/c1-22-17-25(35-5)18-23(2)27(22)37(33,34)29(4)15-16-36-21-26(32)28(3)19-24-9-14-31(20-24)13-8-12-30-10-6-7-11-30/h17-18,24H,6-16,19-21H2,1-5H3/t24-/m0/s1. The summed E-state index contributed by atoms with van der Waals surface area (Å²) in [4.78, 5) is 19.7. The third kappa shape index (κ3) is 8.38. The average molecular weight is 539 g/mol. The monoisotopic (exact) mass is 538 g/mol. The maximum absolute atomic E-state index is 13.1. The highest BCUT2D eigenvalue weighted by Crippen LogP contribution is 2.27. The van der Waals surface area contributed by atoms with Gasteiger partial charge < -0.3 is 24.2 Å². The van der Waals surface area contributed by atoms with E-state index < -0.39 is 10.0 Å². The van der Waals surface area contributed by atoms with Crippen molar-refractivity contribution in [1.29, 1.82) is 0 Å². The highest BCUT2D eigenvalue weighted by atomic mass is 32.2. The van der Waals surface area contributed by atoms with Crippen LogP contribution in [0.2, 0.25) is 0 Å². The fraction of sp³-hybridized carbons (Fsp3) is 0.741. The van der Waals surface area contributed by atoms with Crippen molar-refractivity contribution < 1.29 is 22.7 Å². The van der Waals surface area contributed by atoms with Crippen LogP contribution >= 0.6 is 0 Å². The second kappa shape index (κ2) is 13.9. The van der Waals surface area contributed by atoms with E-state index in [0.29, 0.717) is 22.8 Å². The first-order chi connectivity index (χ1) is 17.6. The van der Waals surface area contributed by atoms with Crippen LogP contribution in [0.4, 0.5) is 0 Å². The predicted octanol–water partition coefficient (Wildman–Crippen LogP) is 2.22. The van der Waals surface area contributed by atoms with Crippen molar-refractivity contribution in [1.82, 2.24) is 19.0 Å². The maximum Gasteiger partial charge on any atom is 0.248 e. The molecule has 1 amide bonds. The van der Waals surface area contributed by atoms with Crippen LogP contribution in [0.3, 0.4) is 0 Å². The molecule has 0 unspecified atom stereocenters. The van der Waals surface area contributed by atoms with Gasteiger partial charge in [-0.1, -0.05) is 0 Å². The quantitative estimate of drug-likeness (QED) is 0.336. The van der Waals surface area contributed by atoms with Crippen molar-refractivity contribution in [2.24, 2.45) is 5.92 Å². The summed E-state index contributed by atoms with van der Waals surface area (Å²) in [5.74, 6) is 1.05. The van der Waals surface area contributed by atoms with Crippen LogP contribution in [0.5, 0.6) is 5.75 Å². The van der Waals surface area contributed by atoms with Gasteiger partial charge in [0.1, 0.15) is 12.4 Å². The Balaban J connectivity index is 1.35. The van der Waals surface area contributed by atoms with E-state index in [2.05, 4.69) is 9.80 Å². The highest BCUT2D eigenvalue weighted by molar-refractivity contribution is 7.89. The Morgan fingerprint density at radius 3 is 2.35 bits per heavy atom. The minimum atomic E-state index is -3.68. The number of carbonyl (C=O) groups excluding carboxylic acids is 1. The molecule has 2 aliphatic rings. The number of rotatable bonds is 14. The molecule has 1 aromatic carbocycles. The summed E-state index contributed by atoms with van der Waals surface area (Å²) in [5.41, 5.74) is 1.27. The topological polar surface area (TPSA) is 82.6 Å². The van der Waals surface area contributed by atoms with E-state index in [1.54, 1.807) is 38.0 Å². The Kier molecular flexibility index (Phi) is 11.2. The van der Waals surface area contributed by atoms with E-state index in [1.807, 2.05) is 7.05 Å². The third-order valence-corrected chi connectivity index (χ3v) is 9.75. The number of carbonyl (C=O) groups is 1. The molecule has 1 aromatic rings. The van der Waals surface area contributed by atoms with Gasteiger partial charge in [0.15, 0.2) is 0 Å². The smallest absolute Gasteiger partial charge is 0.248 e. The molecule has 2 aliphatic heterocycles. The second-order valence-electron chi connectivity index (χ2n) is 10.6. The Labute approximate surface area is 223 Å². The first-order valence-corrected chi connectivity index (χ1v) is 14.9. The molecule has 0 saturated carbocycles. The molecule has 9 nitrogen and oxygen atoms in total. The van der Waals surface area contributed by atoms with E-state index in [9.17, 15) is 13.2 Å². The largest absolute Gasteiger partial charge is 0.497 e. The SMILES string of the molecule is COc1cc(C)c(S(=O)(=O)N(C)CCOCC(=O)N(C)C[C@@H]2CCN(CCCN3CCCC3)C2)c(C)c1.